The molecule has 3 rings (SSSR count). The van der Waals surface area contributed by atoms with Crippen LogP contribution in [0.15, 0.2) is 40.1 Å². The number of nitrogens with zero attached hydrogens (tertiary/aromatic N) is 1. The van der Waals surface area contributed by atoms with Gasteiger partial charge in [0.15, 0.2) is 12.4 Å². The van der Waals surface area contributed by atoms with E-state index in [4.69, 9.17) is 20.8 Å². The third-order valence-electron chi connectivity index (χ3n) is 3.49. The van der Waals surface area contributed by atoms with E-state index in [1.54, 1.807) is 29.5 Å². The number of aryl methyl sites for hydroxylation is 2. The Kier molecular flexibility index (Phi) is 5.40. The zero-order chi connectivity index (χ0) is 17.8. The van der Waals surface area contributed by atoms with Crippen molar-refractivity contribution in [1.82, 2.24) is 10.3 Å². The number of amides is 1. The molecule has 2 heterocycles. The number of nitrogens with one attached hydrogen (secondary N) is 1. The van der Waals surface area contributed by atoms with Gasteiger partial charge in [-0.1, -0.05) is 11.6 Å². The molecule has 0 spiro atoms. The number of rotatable bonds is 6. The highest BCUT2D eigenvalue weighted by molar-refractivity contribution is 7.09. The topological polar surface area (TPSA) is 64.4 Å². The monoisotopic (exact) mass is 376 g/mol. The first-order valence-corrected chi connectivity index (χ1v) is 8.94. The van der Waals surface area contributed by atoms with E-state index in [0.29, 0.717) is 28.8 Å². The van der Waals surface area contributed by atoms with Gasteiger partial charge >= 0.3 is 0 Å². The van der Waals surface area contributed by atoms with Crippen LogP contribution in [0, 0.1) is 13.8 Å². The average Bonchev–Trinajstić information content (AvgIpc) is 3.21. The van der Waals surface area contributed by atoms with Crippen LogP contribution in [0.4, 0.5) is 0 Å². The molecule has 0 radical (unpaired) electrons. The molecule has 130 valence electrons. The number of hydrogen-bond acceptors (Lipinski definition) is 5. The maximum atomic E-state index is 11.9. The van der Waals surface area contributed by atoms with Gasteiger partial charge in [0.2, 0.25) is 0 Å². The van der Waals surface area contributed by atoms with Gasteiger partial charge in [-0.15, -0.1) is 11.3 Å². The van der Waals surface area contributed by atoms with Crippen molar-refractivity contribution in [3.05, 3.63) is 57.1 Å². The minimum absolute atomic E-state index is 0.0681. The summed E-state index contributed by atoms with van der Waals surface area (Å²) in [5.41, 5.74) is 1.69. The fraction of sp³-hybridized carbons (Fsp3) is 0.222. The summed E-state index contributed by atoms with van der Waals surface area (Å²) in [7, 11) is 0. The second-order valence-electron chi connectivity index (χ2n) is 5.49. The van der Waals surface area contributed by atoms with Gasteiger partial charge in [0.25, 0.3) is 5.91 Å². The number of halogens is 1. The first-order chi connectivity index (χ1) is 12.0. The molecule has 7 heteroatoms. The first-order valence-electron chi connectivity index (χ1n) is 7.68. The number of hydrogen-bond donors (Lipinski definition) is 1. The number of benzene rings is 1. The molecule has 3 aromatic rings. The van der Waals surface area contributed by atoms with E-state index in [1.165, 1.54) is 0 Å². The van der Waals surface area contributed by atoms with E-state index in [-0.39, 0.29) is 12.5 Å². The van der Waals surface area contributed by atoms with Crippen LogP contribution in [0.2, 0.25) is 5.02 Å². The van der Waals surface area contributed by atoms with E-state index < -0.39 is 0 Å². The highest BCUT2D eigenvalue weighted by Gasteiger charge is 2.10. The first kappa shape index (κ1) is 17.5. The van der Waals surface area contributed by atoms with Crippen LogP contribution in [0.3, 0.4) is 0 Å². The Morgan fingerprint density at radius 2 is 2.16 bits per heavy atom. The van der Waals surface area contributed by atoms with Crippen LogP contribution >= 0.6 is 22.9 Å². The molecule has 0 atom stereocenters. The van der Waals surface area contributed by atoms with Crippen LogP contribution < -0.4 is 10.1 Å². The Bertz CT molecular complexity index is 888. The Balaban J connectivity index is 1.50. The number of thiazole rings is 1. The van der Waals surface area contributed by atoms with E-state index in [2.05, 4.69) is 10.3 Å². The van der Waals surface area contributed by atoms with Crippen LogP contribution in [0.5, 0.6) is 5.75 Å². The zero-order valence-electron chi connectivity index (χ0n) is 13.8. The highest BCUT2D eigenvalue weighted by atomic mass is 35.5. The predicted octanol–water partition coefficient (Wildman–Crippen LogP) is 4.37. The lowest BCUT2D eigenvalue weighted by atomic mass is 10.2. The second-order valence-corrected chi connectivity index (χ2v) is 6.99. The molecule has 5 nitrogen and oxygen atoms in total. The van der Waals surface area contributed by atoms with Gasteiger partial charge in [-0.2, -0.15) is 0 Å². The lowest BCUT2D eigenvalue weighted by Gasteiger charge is -2.09. The number of furan rings is 1. The van der Waals surface area contributed by atoms with Crippen molar-refractivity contribution in [3.8, 4) is 17.2 Å². The van der Waals surface area contributed by atoms with E-state index in [1.807, 2.05) is 31.4 Å². The van der Waals surface area contributed by atoms with Gasteiger partial charge in [0.05, 0.1) is 11.6 Å². The van der Waals surface area contributed by atoms with E-state index in [9.17, 15) is 4.79 Å². The molecule has 1 N–H and O–H groups in total. The fourth-order valence-electron chi connectivity index (χ4n) is 2.24. The molecule has 0 fully saturated rings. The quantitative estimate of drug-likeness (QED) is 0.693. The van der Waals surface area contributed by atoms with Crippen molar-refractivity contribution in [2.75, 3.05) is 6.61 Å². The lowest BCUT2D eigenvalue weighted by Crippen LogP contribution is -2.28. The summed E-state index contributed by atoms with van der Waals surface area (Å²) in [5, 5.41) is 6.33. The van der Waals surface area contributed by atoms with Gasteiger partial charge in [-0.25, -0.2) is 4.98 Å². The van der Waals surface area contributed by atoms with Crippen molar-refractivity contribution in [1.29, 1.82) is 0 Å². The summed E-state index contributed by atoms with van der Waals surface area (Å²) in [6.45, 7) is 4.05. The van der Waals surface area contributed by atoms with Crippen LogP contribution in [-0.2, 0) is 11.3 Å². The molecule has 0 aliphatic heterocycles. The van der Waals surface area contributed by atoms with Crippen LogP contribution in [0.1, 0.15) is 16.3 Å². The van der Waals surface area contributed by atoms with Crippen molar-refractivity contribution in [2.45, 2.75) is 20.4 Å². The third kappa shape index (κ3) is 4.61. The maximum Gasteiger partial charge on any atom is 0.258 e. The molecule has 25 heavy (non-hydrogen) atoms. The second kappa shape index (κ2) is 7.72. The van der Waals surface area contributed by atoms with Crippen LogP contribution in [-0.4, -0.2) is 17.5 Å². The zero-order valence-corrected chi connectivity index (χ0v) is 15.4. The normalized spacial score (nSPS) is 10.7. The maximum absolute atomic E-state index is 11.9. The minimum atomic E-state index is -0.225. The SMILES string of the molecule is Cc1nc(-c2ccc(CNC(=O)COc3ccc(Cl)cc3C)o2)cs1. The summed E-state index contributed by atoms with van der Waals surface area (Å²) in [5.74, 6) is 1.77. The molecule has 2 aromatic heterocycles. The molecule has 0 unspecified atom stereocenters. The average molecular weight is 377 g/mol. The standard InChI is InChI=1S/C18H17ClN2O3S/c1-11-7-13(19)3-5-16(11)23-9-18(22)20-8-14-4-6-17(24-14)15-10-25-12(2)21-15/h3-7,10H,8-9H2,1-2H3,(H,20,22). The lowest BCUT2D eigenvalue weighted by molar-refractivity contribution is -0.123. The van der Waals surface area contributed by atoms with Crippen LogP contribution in [0.25, 0.3) is 11.5 Å². The number of ether oxygens (including phenoxy) is 1. The Morgan fingerprint density at radius 3 is 2.88 bits per heavy atom. The molecule has 0 bridgehead atoms. The highest BCUT2D eigenvalue weighted by Crippen LogP contribution is 2.24. The van der Waals surface area contributed by atoms with Crippen molar-refractivity contribution in [2.24, 2.45) is 0 Å². The Labute approximate surface area is 154 Å². The van der Waals surface area contributed by atoms with Gasteiger partial charge in [-0.3, -0.25) is 4.79 Å². The molecule has 1 aromatic carbocycles. The van der Waals surface area contributed by atoms with Crippen molar-refractivity contribution >= 4 is 28.8 Å². The Morgan fingerprint density at radius 1 is 1.32 bits per heavy atom. The van der Waals surface area contributed by atoms with E-state index in [0.717, 1.165) is 16.3 Å². The summed E-state index contributed by atoms with van der Waals surface area (Å²) in [6.07, 6.45) is 0. The third-order valence-corrected chi connectivity index (χ3v) is 4.50. The number of aromatic nitrogens is 1. The van der Waals surface area contributed by atoms with E-state index >= 15 is 0 Å². The van der Waals surface area contributed by atoms with Gasteiger partial charge in [0, 0.05) is 10.4 Å². The van der Waals surface area contributed by atoms with Gasteiger partial charge in [0.1, 0.15) is 17.2 Å². The largest absolute Gasteiger partial charge is 0.484 e. The molecule has 0 aliphatic carbocycles. The molecular weight excluding hydrogens is 360 g/mol. The van der Waals surface area contributed by atoms with Crippen molar-refractivity contribution < 1.29 is 13.9 Å². The van der Waals surface area contributed by atoms with Gasteiger partial charge in [-0.05, 0) is 49.7 Å². The molecular formula is C18H17ClN2O3S. The molecule has 0 saturated carbocycles. The number of carbonyl (C=O) groups is 1. The summed E-state index contributed by atoms with van der Waals surface area (Å²) in [4.78, 5) is 16.3. The smallest absolute Gasteiger partial charge is 0.258 e. The summed E-state index contributed by atoms with van der Waals surface area (Å²) >= 11 is 7.46. The van der Waals surface area contributed by atoms with Gasteiger partial charge < -0.3 is 14.5 Å². The Hall–Kier alpha value is -2.31. The molecule has 0 saturated heterocycles. The minimum Gasteiger partial charge on any atom is -0.484 e. The summed E-state index contributed by atoms with van der Waals surface area (Å²) < 4.78 is 11.2. The summed E-state index contributed by atoms with van der Waals surface area (Å²) in [6, 6.07) is 8.95. The molecule has 1 amide bonds. The fourth-order valence-corrected chi connectivity index (χ4v) is 3.07. The van der Waals surface area contributed by atoms with Crippen molar-refractivity contribution in [3.63, 3.8) is 0 Å². The predicted molar refractivity (Wildman–Crippen MR) is 98.1 cm³/mol. The molecule has 0 aliphatic rings. The number of carbonyl (C=O) groups excluding carboxylic acids is 1.